The van der Waals surface area contributed by atoms with Crippen molar-refractivity contribution < 1.29 is 19.1 Å². The predicted molar refractivity (Wildman–Crippen MR) is 124 cm³/mol. The smallest absolute Gasteiger partial charge is 0.355 e. The predicted octanol–water partition coefficient (Wildman–Crippen LogP) is 3.84. The Morgan fingerprint density at radius 1 is 1.13 bits per heavy atom. The Labute approximate surface area is 197 Å². The number of carbonyl (C=O) groups excluding carboxylic acids is 2. The van der Waals surface area contributed by atoms with Crippen LogP contribution in [0.15, 0.2) is 71.2 Å². The molecule has 2 aromatic carbocycles. The van der Waals surface area contributed by atoms with Crippen LogP contribution in [0.25, 0.3) is 0 Å². The number of nitrogens with zero attached hydrogens (tertiary/aromatic N) is 2. The maximum atomic E-state index is 12.9. The highest BCUT2D eigenvalue weighted by atomic mass is 127. The highest BCUT2D eigenvalue weighted by Gasteiger charge is 2.43. The van der Waals surface area contributed by atoms with Gasteiger partial charge in [-0.2, -0.15) is 5.26 Å². The van der Waals surface area contributed by atoms with Gasteiger partial charge in [-0.25, -0.2) is 9.59 Å². The zero-order valence-electron chi connectivity index (χ0n) is 16.6. The molecule has 2 N–H and O–H groups in total. The molecule has 1 unspecified atom stereocenters. The maximum Gasteiger partial charge on any atom is 0.355 e. The molecule has 1 atom stereocenters. The van der Waals surface area contributed by atoms with E-state index in [9.17, 15) is 14.9 Å². The number of halogens is 2. The zero-order chi connectivity index (χ0) is 22.7. The summed E-state index contributed by atoms with van der Waals surface area (Å²) in [6.07, 6.45) is 0. The van der Waals surface area contributed by atoms with E-state index in [0.29, 0.717) is 11.3 Å². The van der Waals surface area contributed by atoms with E-state index < -0.39 is 17.9 Å². The van der Waals surface area contributed by atoms with Crippen molar-refractivity contribution in [1.29, 1.82) is 5.26 Å². The standard InChI is InChI=1S/C22H17ClIN3O4/c1-30-21(28)18-17(12-6-4-3-5-7-12)14(11-25)20(26)27(19(18)22(29)31-2)16-9-8-13(24)10-15(16)23/h3-10,17H,26H2,1-2H3. The number of nitrogens with two attached hydrogens (primary N) is 1. The van der Waals surface area contributed by atoms with E-state index in [2.05, 4.69) is 28.7 Å². The second-order valence-electron chi connectivity index (χ2n) is 6.43. The van der Waals surface area contributed by atoms with E-state index in [4.69, 9.17) is 26.8 Å². The van der Waals surface area contributed by atoms with Gasteiger partial charge in [0.25, 0.3) is 0 Å². The highest BCUT2D eigenvalue weighted by molar-refractivity contribution is 14.1. The summed E-state index contributed by atoms with van der Waals surface area (Å²) in [5.74, 6) is -2.57. The Balaban J connectivity index is 2.43. The molecule has 0 radical (unpaired) electrons. The molecule has 3 rings (SSSR count). The van der Waals surface area contributed by atoms with Gasteiger partial charge in [0.15, 0.2) is 0 Å². The molecule has 0 amide bonds. The number of hydrogen-bond acceptors (Lipinski definition) is 7. The summed E-state index contributed by atoms with van der Waals surface area (Å²) >= 11 is 8.54. The summed E-state index contributed by atoms with van der Waals surface area (Å²) in [6, 6.07) is 16.0. The monoisotopic (exact) mass is 549 g/mol. The van der Waals surface area contributed by atoms with Gasteiger partial charge in [-0.3, -0.25) is 4.90 Å². The van der Waals surface area contributed by atoms with Crippen LogP contribution in [0.4, 0.5) is 5.69 Å². The van der Waals surface area contributed by atoms with Gasteiger partial charge in [0.2, 0.25) is 0 Å². The quantitative estimate of drug-likeness (QED) is 0.456. The first-order valence-electron chi connectivity index (χ1n) is 8.96. The molecule has 0 saturated carbocycles. The van der Waals surface area contributed by atoms with Gasteiger partial charge in [-0.05, 0) is 46.4 Å². The van der Waals surface area contributed by atoms with Crippen LogP contribution in [-0.2, 0) is 19.1 Å². The van der Waals surface area contributed by atoms with Gasteiger partial charge in [-0.1, -0.05) is 41.9 Å². The number of anilines is 1. The van der Waals surface area contributed by atoms with Gasteiger partial charge in [0.05, 0.1) is 48.1 Å². The molecule has 0 spiro atoms. The molecule has 0 fully saturated rings. The lowest BCUT2D eigenvalue weighted by Crippen LogP contribution is -2.40. The van der Waals surface area contributed by atoms with Crippen molar-refractivity contribution in [1.82, 2.24) is 0 Å². The average molecular weight is 550 g/mol. The first-order valence-corrected chi connectivity index (χ1v) is 10.4. The van der Waals surface area contributed by atoms with Crippen molar-refractivity contribution in [3.8, 4) is 6.07 Å². The van der Waals surface area contributed by atoms with E-state index in [1.54, 1.807) is 48.5 Å². The molecular weight excluding hydrogens is 533 g/mol. The Morgan fingerprint density at radius 2 is 1.77 bits per heavy atom. The van der Waals surface area contributed by atoms with Crippen LogP contribution < -0.4 is 10.6 Å². The van der Waals surface area contributed by atoms with Crippen LogP contribution >= 0.6 is 34.2 Å². The molecule has 1 heterocycles. The minimum Gasteiger partial charge on any atom is -0.466 e. The molecule has 158 valence electrons. The minimum absolute atomic E-state index is 0.0347. The summed E-state index contributed by atoms with van der Waals surface area (Å²) < 4.78 is 10.8. The van der Waals surface area contributed by atoms with E-state index in [1.165, 1.54) is 19.1 Å². The van der Waals surface area contributed by atoms with Gasteiger partial charge >= 0.3 is 11.9 Å². The topological polar surface area (TPSA) is 106 Å². The first kappa shape index (κ1) is 22.7. The molecule has 1 aliphatic heterocycles. The summed E-state index contributed by atoms with van der Waals surface area (Å²) in [5.41, 5.74) is 7.18. The van der Waals surface area contributed by atoms with Crippen molar-refractivity contribution >= 4 is 51.8 Å². The molecule has 0 aliphatic carbocycles. The number of nitriles is 1. The first-order chi connectivity index (χ1) is 14.8. The van der Waals surface area contributed by atoms with Crippen LogP contribution in [0.3, 0.4) is 0 Å². The Hall–Kier alpha value is -3.03. The SMILES string of the molecule is COC(=O)C1=C(C(=O)OC)N(c2ccc(I)cc2Cl)C(N)=C(C#N)C1c1ccccc1. The zero-order valence-corrected chi connectivity index (χ0v) is 19.5. The number of hydrogen-bond donors (Lipinski definition) is 1. The van der Waals surface area contributed by atoms with Crippen LogP contribution in [0.1, 0.15) is 11.5 Å². The molecule has 1 aliphatic rings. The van der Waals surface area contributed by atoms with Gasteiger partial charge < -0.3 is 15.2 Å². The average Bonchev–Trinajstić information content (AvgIpc) is 2.78. The fraction of sp³-hybridized carbons (Fsp3) is 0.136. The van der Waals surface area contributed by atoms with Gasteiger partial charge in [0, 0.05) is 3.57 Å². The molecule has 0 saturated heterocycles. The van der Waals surface area contributed by atoms with Crippen LogP contribution in [0.2, 0.25) is 5.02 Å². The number of methoxy groups -OCH3 is 2. The summed E-state index contributed by atoms with van der Waals surface area (Å²) in [5, 5.41) is 10.3. The Morgan fingerprint density at radius 3 is 2.32 bits per heavy atom. The number of esters is 2. The third-order valence-electron chi connectivity index (χ3n) is 4.76. The maximum absolute atomic E-state index is 12.9. The summed E-state index contributed by atoms with van der Waals surface area (Å²) in [7, 11) is 2.39. The minimum atomic E-state index is -0.924. The number of ether oxygens (including phenoxy) is 2. The lowest BCUT2D eigenvalue weighted by Gasteiger charge is -2.36. The van der Waals surface area contributed by atoms with Gasteiger partial charge in [0.1, 0.15) is 11.5 Å². The van der Waals surface area contributed by atoms with Crippen LogP contribution in [-0.4, -0.2) is 26.2 Å². The van der Waals surface area contributed by atoms with E-state index in [1.807, 2.05) is 0 Å². The van der Waals surface area contributed by atoms with Crippen molar-refractivity contribution in [2.75, 3.05) is 19.1 Å². The lowest BCUT2D eigenvalue weighted by atomic mass is 9.81. The van der Waals surface area contributed by atoms with Crippen molar-refractivity contribution in [2.24, 2.45) is 5.73 Å². The number of rotatable bonds is 4. The lowest BCUT2D eigenvalue weighted by molar-refractivity contribution is -0.139. The largest absolute Gasteiger partial charge is 0.466 e. The second kappa shape index (κ2) is 9.41. The molecule has 0 bridgehead atoms. The van der Waals surface area contributed by atoms with Crippen molar-refractivity contribution in [3.05, 3.63) is 85.4 Å². The molecule has 31 heavy (non-hydrogen) atoms. The third kappa shape index (κ3) is 4.11. The molecule has 7 nitrogen and oxygen atoms in total. The van der Waals surface area contributed by atoms with Crippen LogP contribution in [0.5, 0.6) is 0 Å². The molecule has 2 aromatic rings. The molecular formula is C22H17ClIN3O4. The number of allylic oxidation sites excluding steroid dienone is 1. The summed E-state index contributed by atoms with van der Waals surface area (Å²) in [6.45, 7) is 0. The summed E-state index contributed by atoms with van der Waals surface area (Å²) in [4.78, 5) is 27.2. The molecule has 0 aromatic heterocycles. The normalized spacial score (nSPS) is 16.1. The van der Waals surface area contributed by atoms with Crippen LogP contribution in [0, 0.1) is 14.9 Å². The van der Waals surface area contributed by atoms with Gasteiger partial charge in [-0.15, -0.1) is 0 Å². The number of carbonyl (C=O) groups is 2. The highest BCUT2D eigenvalue weighted by Crippen LogP contribution is 2.44. The van der Waals surface area contributed by atoms with E-state index in [-0.39, 0.29) is 27.7 Å². The number of benzene rings is 2. The third-order valence-corrected chi connectivity index (χ3v) is 5.73. The Bertz CT molecular complexity index is 1160. The van der Waals surface area contributed by atoms with Crippen molar-refractivity contribution in [2.45, 2.75) is 5.92 Å². The Kier molecular flexibility index (Phi) is 6.87. The molecule has 9 heteroatoms. The second-order valence-corrected chi connectivity index (χ2v) is 8.08. The van der Waals surface area contributed by atoms with Crippen molar-refractivity contribution in [3.63, 3.8) is 0 Å². The van der Waals surface area contributed by atoms with E-state index >= 15 is 0 Å². The van der Waals surface area contributed by atoms with E-state index in [0.717, 1.165) is 3.57 Å². The fourth-order valence-corrected chi connectivity index (χ4v) is 4.37. The fourth-order valence-electron chi connectivity index (χ4n) is 3.43.